The van der Waals surface area contributed by atoms with Gasteiger partial charge < -0.3 is 4.52 Å². The van der Waals surface area contributed by atoms with Crippen molar-refractivity contribution in [1.29, 1.82) is 0 Å². The van der Waals surface area contributed by atoms with Crippen molar-refractivity contribution in [3.63, 3.8) is 0 Å². The van der Waals surface area contributed by atoms with E-state index in [0.717, 1.165) is 5.56 Å². The van der Waals surface area contributed by atoms with Crippen LogP contribution in [0.5, 0.6) is 0 Å². The summed E-state index contributed by atoms with van der Waals surface area (Å²) in [6.45, 7) is 0.856. The Morgan fingerprint density at radius 3 is 2.74 bits per heavy atom. The molecule has 1 fully saturated rings. The molecule has 2 heterocycles. The average molecular weight is 278 g/mol. The van der Waals surface area contributed by atoms with Crippen LogP contribution in [0, 0.1) is 0 Å². The van der Waals surface area contributed by atoms with Gasteiger partial charge in [0.15, 0.2) is 5.76 Å². The van der Waals surface area contributed by atoms with E-state index < -0.39 is 10.0 Å². The Bertz CT molecular complexity index is 664. The highest BCUT2D eigenvalue weighted by molar-refractivity contribution is 7.89. The molecule has 100 valence electrons. The van der Waals surface area contributed by atoms with Crippen molar-refractivity contribution in [2.45, 2.75) is 13.0 Å². The SMILES string of the molecule is O=S1(=O)CCCN1Cc1cc(-c2ccccc2)on1. The van der Waals surface area contributed by atoms with Crippen LogP contribution in [0.2, 0.25) is 0 Å². The average Bonchev–Trinajstić information content (AvgIpc) is 2.99. The topological polar surface area (TPSA) is 63.4 Å². The highest BCUT2D eigenvalue weighted by Gasteiger charge is 2.28. The van der Waals surface area contributed by atoms with Crippen LogP contribution >= 0.6 is 0 Å². The number of hydrogen-bond donors (Lipinski definition) is 0. The van der Waals surface area contributed by atoms with E-state index >= 15 is 0 Å². The number of nitrogens with zero attached hydrogens (tertiary/aromatic N) is 2. The molecule has 1 aliphatic heterocycles. The molecule has 1 aliphatic rings. The first-order valence-corrected chi connectivity index (χ1v) is 7.75. The molecular formula is C13H14N2O3S. The van der Waals surface area contributed by atoms with Crippen LogP contribution in [-0.4, -0.2) is 30.2 Å². The molecule has 0 radical (unpaired) electrons. The smallest absolute Gasteiger partial charge is 0.214 e. The van der Waals surface area contributed by atoms with Crippen molar-refractivity contribution in [2.75, 3.05) is 12.3 Å². The van der Waals surface area contributed by atoms with Crippen molar-refractivity contribution < 1.29 is 12.9 Å². The molecule has 2 aromatic rings. The molecule has 3 rings (SSSR count). The van der Waals surface area contributed by atoms with Gasteiger partial charge in [-0.05, 0) is 6.42 Å². The summed E-state index contributed by atoms with van der Waals surface area (Å²) in [4.78, 5) is 0. The number of rotatable bonds is 3. The van der Waals surface area contributed by atoms with E-state index in [4.69, 9.17) is 4.52 Å². The van der Waals surface area contributed by atoms with Crippen molar-refractivity contribution in [2.24, 2.45) is 0 Å². The third-order valence-electron chi connectivity index (χ3n) is 3.16. The fourth-order valence-corrected chi connectivity index (χ4v) is 3.66. The van der Waals surface area contributed by atoms with E-state index in [1.54, 1.807) is 6.07 Å². The molecule has 0 N–H and O–H groups in total. The molecule has 0 unspecified atom stereocenters. The Hall–Kier alpha value is -1.66. The molecule has 0 saturated carbocycles. The molecule has 1 saturated heterocycles. The van der Waals surface area contributed by atoms with Gasteiger partial charge >= 0.3 is 0 Å². The van der Waals surface area contributed by atoms with Gasteiger partial charge in [-0.2, -0.15) is 4.31 Å². The summed E-state index contributed by atoms with van der Waals surface area (Å²) in [7, 11) is -3.09. The van der Waals surface area contributed by atoms with Gasteiger partial charge in [-0.25, -0.2) is 8.42 Å². The van der Waals surface area contributed by atoms with Crippen molar-refractivity contribution in [3.8, 4) is 11.3 Å². The lowest BCUT2D eigenvalue weighted by molar-refractivity contribution is 0.391. The fourth-order valence-electron chi connectivity index (χ4n) is 2.17. The summed E-state index contributed by atoms with van der Waals surface area (Å²) in [5.74, 6) is 0.892. The van der Waals surface area contributed by atoms with Crippen LogP contribution in [0.3, 0.4) is 0 Å². The van der Waals surface area contributed by atoms with Crippen molar-refractivity contribution in [3.05, 3.63) is 42.1 Å². The molecule has 1 aromatic carbocycles. The van der Waals surface area contributed by atoms with Gasteiger partial charge in [0, 0.05) is 18.2 Å². The largest absolute Gasteiger partial charge is 0.356 e. The van der Waals surface area contributed by atoms with Crippen LogP contribution in [0.15, 0.2) is 40.9 Å². The summed E-state index contributed by atoms with van der Waals surface area (Å²) in [5.41, 5.74) is 1.58. The lowest BCUT2D eigenvalue weighted by atomic mass is 10.2. The van der Waals surface area contributed by atoms with Crippen molar-refractivity contribution >= 4 is 10.0 Å². The molecule has 0 amide bonds. The minimum atomic E-state index is -3.09. The third kappa shape index (κ3) is 2.54. The molecule has 5 nitrogen and oxygen atoms in total. The maximum atomic E-state index is 11.7. The van der Waals surface area contributed by atoms with E-state index in [2.05, 4.69) is 5.16 Å². The van der Waals surface area contributed by atoms with Gasteiger partial charge in [-0.3, -0.25) is 0 Å². The fraction of sp³-hybridized carbons (Fsp3) is 0.308. The molecule has 6 heteroatoms. The standard InChI is InChI=1S/C13H14N2O3S/c16-19(17)8-4-7-15(19)10-12-9-13(18-14-12)11-5-2-1-3-6-11/h1-3,5-6,9H,4,7-8,10H2. The Labute approximate surface area is 111 Å². The van der Waals surface area contributed by atoms with Gasteiger partial charge in [-0.15, -0.1) is 0 Å². The predicted octanol–water partition coefficient (Wildman–Crippen LogP) is 1.88. The maximum absolute atomic E-state index is 11.7. The number of aromatic nitrogens is 1. The van der Waals surface area contributed by atoms with Gasteiger partial charge in [-0.1, -0.05) is 35.5 Å². The van der Waals surface area contributed by atoms with Gasteiger partial charge in [0.2, 0.25) is 10.0 Å². The molecule has 0 bridgehead atoms. The summed E-state index contributed by atoms with van der Waals surface area (Å²) < 4.78 is 30.1. The molecule has 0 aliphatic carbocycles. The number of sulfonamides is 1. The zero-order valence-electron chi connectivity index (χ0n) is 10.3. The van der Waals surface area contributed by atoms with Crippen LogP contribution in [0.4, 0.5) is 0 Å². The molecular weight excluding hydrogens is 264 g/mol. The second-order valence-corrected chi connectivity index (χ2v) is 6.64. The van der Waals surface area contributed by atoms with Gasteiger partial charge in [0.25, 0.3) is 0 Å². The first-order chi connectivity index (χ1) is 9.15. The Morgan fingerprint density at radius 1 is 1.26 bits per heavy atom. The van der Waals surface area contributed by atoms with Crippen LogP contribution in [0.1, 0.15) is 12.1 Å². The first-order valence-electron chi connectivity index (χ1n) is 6.14. The number of benzene rings is 1. The summed E-state index contributed by atoms with van der Waals surface area (Å²) in [6, 6.07) is 11.4. The zero-order chi connectivity index (χ0) is 13.3. The van der Waals surface area contributed by atoms with Crippen molar-refractivity contribution in [1.82, 2.24) is 9.46 Å². The summed E-state index contributed by atoms with van der Waals surface area (Å²) in [5, 5.41) is 3.94. The zero-order valence-corrected chi connectivity index (χ0v) is 11.1. The van der Waals surface area contributed by atoms with Crippen LogP contribution < -0.4 is 0 Å². The maximum Gasteiger partial charge on any atom is 0.214 e. The first kappa shape index (κ1) is 12.4. The molecule has 19 heavy (non-hydrogen) atoms. The summed E-state index contributed by atoms with van der Waals surface area (Å²) >= 11 is 0. The normalized spacial score (nSPS) is 18.7. The molecule has 0 spiro atoms. The lowest BCUT2D eigenvalue weighted by Gasteiger charge is -2.11. The second-order valence-electron chi connectivity index (χ2n) is 4.55. The number of hydrogen-bond acceptors (Lipinski definition) is 4. The minimum Gasteiger partial charge on any atom is -0.356 e. The van der Waals surface area contributed by atoms with E-state index in [0.29, 0.717) is 31.0 Å². The van der Waals surface area contributed by atoms with Gasteiger partial charge in [0.1, 0.15) is 0 Å². The quantitative estimate of drug-likeness (QED) is 0.860. The third-order valence-corrected chi connectivity index (χ3v) is 5.06. The van der Waals surface area contributed by atoms with Gasteiger partial charge in [0.05, 0.1) is 18.0 Å². The van der Waals surface area contributed by atoms with E-state index in [-0.39, 0.29) is 5.75 Å². The highest BCUT2D eigenvalue weighted by atomic mass is 32.2. The summed E-state index contributed by atoms with van der Waals surface area (Å²) in [6.07, 6.45) is 0.686. The predicted molar refractivity (Wildman–Crippen MR) is 70.8 cm³/mol. The molecule has 0 atom stereocenters. The van der Waals surface area contributed by atoms with Crippen LogP contribution in [0.25, 0.3) is 11.3 Å². The minimum absolute atomic E-state index is 0.233. The van der Waals surface area contributed by atoms with E-state index in [9.17, 15) is 8.42 Å². The monoisotopic (exact) mass is 278 g/mol. The second kappa shape index (κ2) is 4.79. The van der Waals surface area contributed by atoms with Crippen LogP contribution in [-0.2, 0) is 16.6 Å². The Balaban J connectivity index is 1.79. The highest BCUT2D eigenvalue weighted by Crippen LogP contribution is 2.22. The van der Waals surface area contributed by atoms with E-state index in [1.807, 2.05) is 30.3 Å². The Kier molecular flexibility index (Phi) is 3.12. The Morgan fingerprint density at radius 2 is 2.05 bits per heavy atom. The van der Waals surface area contributed by atoms with E-state index in [1.165, 1.54) is 4.31 Å². The molecule has 1 aromatic heterocycles. The lowest BCUT2D eigenvalue weighted by Crippen LogP contribution is -2.25.